The molecule has 1 N–H and O–H groups in total. The van der Waals surface area contributed by atoms with Crippen LogP contribution in [0.25, 0.3) is 11.0 Å². The third-order valence-corrected chi connectivity index (χ3v) is 7.47. The second-order valence-electron chi connectivity index (χ2n) is 9.94. The summed E-state index contributed by atoms with van der Waals surface area (Å²) in [4.78, 5) is 41.1. The SMILES string of the molecule is COC(=O)C[C@@H](c1oc(CN2CCc3cc(OC)c(OC)cc3C2)cc(=O)c1O)c1coc2ccc(OC)cc2c1=O. The van der Waals surface area contributed by atoms with Crippen LogP contribution in [-0.4, -0.2) is 51.0 Å². The Kier molecular flexibility index (Phi) is 8.21. The number of nitrogens with zero attached hydrogens (tertiary/aromatic N) is 1. The number of ether oxygens (including phenoxy) is 4. The molecule has 4 aromatic rings. The van der Waals surface area contributed by atoms with Crippen LogP contribution in [0.15, 0.2) is 61.1 Å². The Balaban J connectivity index is 1.52. The Morgan fingerprint density at radius 1 is 1.00 bits per heavy atom. The Bertz CT molecular complexity index is 1760. The summed E-state index contributed by atoms with van der Waals surface area (Å²) in [6.07, 6.45) is 1.56. The Hall–Kier alpha value is -4.77. The molecular formula is C31H31NO10. The predicted octanol–water partition coefficient (Wildman–Crippen LogP) is 3.73. The number of esters is 1. The molecule has 3 heterocycles. The highest BCUT2D eigenvalue weighted by Gasteiger charge is 2.30. The van der Waals surface area contributed by atoms with E-state index in [1.165, 1.54) is 32.6 Å². The monoisotopic (exact) mass is 577 g/mol. The molecule has 0 bridgehead atoms. The van der Waals surface area contributed by atoms with E-state index in [9.17, 15) is 19.5 Å². The van der Waals surface area contributed by atoms with Crippen molar-refractivity contribution in [1.29, 1.82) is 0 Å². The molecule has 0 amide bonds. The molecule has 0 aliphatic carbocycles. The van der Waals surface area contributed by atoms with Crippen molar-refractivity contribution in [2.45, 2.75) is 31.8 Å². The molecule has 0 unspecified atom stereocenters. The molecule has 0 saturated carbocycles. The van der Waals surface area contributed by atoms with Gasteiger partial charge in [0.25, 0.3) is 0 Å². The number of aromatic hydroxyl groups is 1. The van der Waals surface area contributed by atoms with Gasteiger partial charge in [-0.05, 0) is 47.9 Å². The molecule has 220 valence electrons. The summed E-state index contributed by atoms with van der Waals surface area (Å²) in [6, 6.07) is 9.87. The van der Waals surface area contributed by atoms with E-state index in [2.05, 4.69) is 4.90 Å². The predicted molar refractivity (Wildman–Crippen MR) is 152 cm³/mol. The molecule has 5 rings (SSSR count). The lowest BCUT2D eigenvalue weighted by Crippen LogP contribution is -2.30. The first-order chi connectivity index (χ1) is 20.3. The molecular weight excluding hydrogens is 546 g/mol. The zero-order valence-corrected chi connectivity index (χ0v) is 23.7. The van der Waals surface area contributed by atoms with Gasteiger partial charge in [0, 0.05) is 24.7 Å². The van der Waals surface area contributed by atoms with Crippen molar-refractivity contribution in [2.24, 2.45) is 0 Å². The summed E-state index contributed by atoms with van der Waals surface area (Å²) >= 11 is 0. The van der Waals surface area contributed by atoms with Gasteiger partial charge in [-0.1, -0.05) is 0 Å². The minimum atomic E-state index is -1.16. The van der Waals surface area contributed by atoms with E-state index < -0.39 is 28.5 Å². The van der Waals surface area contributed by atoms with E-state index in [-0.39, 0.29) is 35.4 Å². The molecule has 1 aliphatic rings. The molecule has 42 heavy (non-hydrogen) atoms. The van der Waals surface area contributed by atoms with Crippen LogP contribution in [0.3, 0.4) is 0 Å². The van der Waals surface area contributed by atoms with Gasteiger partial charge in [0.15, 0.2) is 22.7 Å². The van der Waals surface area contributed by atoms with Crippen molar-refractivity contribution in [1.82, 2.24) is 4.90 Å². The van der Waals surface area contributed by atoms with Crippen LogP contribution >= 0.6 is 0 Å². The molecule has 0 spiro atoms. The molecule has 1 atom stereocenters. The van der Waals surface area contributed by atoms with Gasteiger partial charge >= 0.3 is 5.97 Å². The van der Waals surface area contributed by atoms with E-state index in [4.69, 9.17) is 27.8 Å². The average Bonchev–Trinajstić information content (AvgIpc) is 3.01. The molecule has 11 heteroatoms. The van der Waals surface area contributed by atoms with Crippen molar-refractivity contribution in [3.8, 4) is 23.0 Å². The first-order valence-electron chi connectivity index (χ1n) is 13.2. The summed E-state index contributed by atoms with van der Waals surface area (Å²) in [6.45, 7) is 1.46. The number of carbonyl (C=O) groups is 1. The van der Waals surface area contributed by atoms with E-state index >= 15 is 0 Å². The van der Waals surface area contributed by atoms with Gasteiger partial charge in [0.1, 0.15) is 17.1 Å². The van der Waals surface area contributed by atoms with Crippen molar-refractivity contribution >= 4 is 16.9 Å². The lowest BCUT2D eigenvalue weighted by molar-refractivity contribution is -0.140. The quantitative estimate of drug-likeness (QED) is 0.291. The molecule has 0 saturated heterocycles. The van der Waals surface area contributed by atoms with Crippen molar-refractivity contribution in [2.75, 3.05) is 35.0 Å². The van der Waals surface area contributed by atoms with Gasteiger partial charge in [-0.25, -0.2) is 0 Å². The van der Waals surface area contributed by atoms with E-state index in [0.717, 1.165) is 17.5 Å². The molecule has 0 fully saturated rings. The second kappa shape index (κ2) is 12.0. The van der Waals surface area contributed by atoms with Crippen molar-refractivity contribution < 1.29 is 37.7 Å². The fraction of sp³-hybridized carbons (Fsp3) is 0.323. The maximum atomic E-state index is 13.6. The Labute approximate surface area is 240 Å². The first kappa shape index (κ1) is 28.7. The first-order valence-corrected chi connectivity index (χ1v) is 13.2. The van der Waals surface area contributed by atoms with Crippen LogP contribution in [-0.2, 0) is 29.0 Å². The van der Waals surface area contributed by atoms with Crippen LogP contribution in [0.5, 0.6) is 23.0 Å². The number of methoxy groups -OCH3 is 4. The molecule has 1 aliphatic heterocycles. The minimum Gasteiger partial charge on any atom is -0.502 e. The van der Waals surface area contributed by atoms with Gasteiger partial charge < -0.3 is 32.9 Å². The smallest absolute Gasteiger partial charge is 0.306 e. The summed E-state index contributed by atoms with van der Waals surface area (Å²) in [5.41, 5.74) is 1.35. The number of hydrogen-bond acceptors (Lipinski definition) is 11. The maximum Gasteiger partial charge on any atom is 0.306 e. The zero-order valence-electron chi connectivity index (χ0n) is 23.7. The van der Waals surface area contributed by atoms with Gasteiger partial charge in [-0.2, -0.15) is 0 Å². The summed E-state index contributed by atoms with van der Waals surface area (Å²) in [5, 5.41) is 11.0. The molecule has 2 aromatic heterocycles. The lowest BCUT2D eigenvalue weighted by atomic mass is 9.92. The van der Waals surface area contributed by atoms with Gasteiger partial charge in [-0.15, -0.1) is 0 Å². The van der Waals surface area contributed by atoms with E-state index in [0.29, 0.717) is 35.9 Å². The maximum absolute atomic E-state index is 13.6. The number of benzene rings is 2. The fourth-order valence-corrected chi connectivity index (χ4v) is 5.25. The highest BCUT2D eigenvalue weighted by Crippen LogP contribution is 2.35. The van der Waals surface area contributed by atoms with Crippen LogP contribution in [0, 0.1) is 0 Å². The zero-order chi connectivity index (χ0) is 30.0. The normalized spacial score (nSPS) is 13.8. The standard InChI is InChI=1S/C31H31NO10/c1-37-19-5-6-25-22(11-19)29(35)23(16-41-25)21(13-28(34)40-4)31-30(36)24(33)12-20(42-31)15-32-8-7-17-9-26(38-2)27(39-3)10-18(17)14-32/h5-6,9-12,16,21,36H,7-8,13-15H2,1-4H3/t21-/m1/s1. The molecule has 11 nitrogen and oxygen atoms in total. The van der Waals surface area contributed by atoms with E-state index in [1.54, 1.807) is 26.4 Å². The third-order valence-electron chi connectivity index (χ3n) is 7.47. The van der Waals surface area contributed by atoms with Crippen molar-refractivity contribution in [3.05, 3.63) is 91.3 Å². The largest absolute Gasteiger partial charge is 0.502 e. The van der Waals surface area contributed by atoms with Crippen LogP contribution in [0.1, 0.15) is 40.5 Å². The van der Waals surface area contributed by atoms with Crippen molar-refractivity contribution in [3.63, 3.8) is 0 Å². The highest BCUT2D eigenvalue weighted by atomic mass is 16.5. The molecule has 2 aromatic carbocycles. The lowest BCUT2D eigenvalue weighted by Gasteiger charge is -2.29. The minimum absolute atomic E-state index is 0.0182. The third kappa shape index (κ3) is 5.55. The summed E-state index contributed by atoms with van der Waals surface area (Å²) < 4.78 is 32.7. The number of rotatable bonds is 9. The van der Waals surface area contributed by atoms with Gasteiger partial charge in [0.05, 0.1) is 59.0 Å². The molecule has 0 radical (unpaired) electrons. The fourth-order valence-electron chi connectivity index (χ4n) is 5.25. The Morgan fingerprint density at radius 2 is 1.74 bits per heavy atom. The number of hydrogen-bond donors (Lipinski definition) is 1. The topological polar surface area (TPSA) is 138 Å². The summed E-state index contributed by atoms with van der Waals surface area (Å²) in [7, 11) is 5.85. The van der Waals surface area contributed by atoms with Gasteiger partial charge in [-0.3, -0.25) is 19.3 Å². The highest BCUT2D eigenvalue weighted by molar-refractivity contribution is 5.79. The van der Waals surface area contributed by atoms with Crippen LogP contribution < -0.4 is 25.1 Å². The van der Waals surface area contributed by atoms with Crippen LogP contribution in [0.4, 0.5) is 0 Å². The average molecular weight is 578 g/mol. The van der Waals surface area contributed by atoms with Gasteiger partial charge in [0.2, 0.25) is 11.2 Å². The summed E-state index contributed by atoms with van der Waals surface area (Å²) in [5.74, 6) is -0.767. The Morgan fingerprint density at radius 3 is 2.43 bits per heavy atom. The number of fused-ring (bicyclic) bond motifs is 2. The second-order valence-corrected chi connectivity index (χ2v) is 9.94. The number of carbonyl (C=O) groups excluding carboxylic acids is 1. The van der Waals surface area contributed by atoms with E-state index in [1.807, 2.05) is 12.1 Å². The van der Waals surface area contributed by atoms with Crippen LogP contribution in [0.2, 0.25) is 0 Å².